The Morgan fingerprint density at radius 2 is 1.34 bits per heavy atom. The molecule has 0 aromatic heterocycles. The number of allylic oxidation sites excluding steroid dienone is 5. The summed E-state index contributed by atoms with van der Waals surface area (Å²) in [5.74, 6) is -0.307. The van der Waals surface area contributed by atoms with Gasteiger partial charge in [-0.3, -0.25) is 4.79 Å². The van der Waals surface area contributed by atoms with Crippen molar-refractivity contribution in [2.45, 2.75) is 112 Å². The predicted octanol–water partition coefficient (Wildman–Crippen LogP) is 8.62. The van der Waals surface area contributed by atoms with Crippen LogP contribution in [0.15, 0.2) is 53.1 Å². The number of nitrogens with one attached hydrogen (secondary N) is 1. The first-order valence-electron chi connectivity index (χ1n) is 13.7. The molecular weight excluding hydrogens is 490 g/mol. The summed E-state index contributed by atoms with van der Waals surface area (Å²) in [5.41, 5.74) is 6.49. The third-order valence-corrected chi connectivity index (χ3v) is 7.46. The second kappa shape index (κ2) is 15.4. The number of hydrogen-bond acceptors (Lipinski definition) is 3. The van der Waals surface area contributed by atoms with Crippen molar-refractivity contribution in [2.24, 2.45) is 0 Å². The van der Waals surface area contributed by atoms with E-state index in [9.17, 15) is 14.7 Å². The summed E-state index contributed by atoms with van der Waals surface area (Å²) in [7, 11) is 0. The van der Waals surface area contributed by atoms with Crippen LogP contribution in [0.4, 0.5) is 0 Å². The van der Waals surface area contributed by atoms with E-state index in [0.717, 1.165) is 42.6 Å². The third kappa shape index (κ3) is 13.0. The molecule has 212 valence electrons. The third-order valence-electron chi connectivity index (χ3n) is 6.49. The van der Waals surface area contributed by atoms with Gasteiger partial charge >= 0.3 is 5.97 Å². The monoisotopic (exact) mass is 541 g/mol. The number of aliphatic carboxylic acids is 1. The number of carboxylic acid groups (broad SMARTS) is 1. The number of carbonyl (C=O) groups excluding carboxylic acids is 1. The molecule has 0 fully saturated rings. The zero-order chi connectivity index (χ0) is 29.1. The minimum absolute atomic E-state index is 0.122. The zero-order valence-corrected chi connectivity index (χ0v) is 26.3. The highest BCUT2D eigenvalue weighted by Crippen LogP contribution is 2.30. The van der Waals surface area contributed by atoms with E-state index < -0.39 is 12.0 Å². The van der Waals surface area contributed by atoms with Gasteiger partial charge in [0.25, 0.3) is 5.91 Å². The van der Waals surface area contributed by atoms with Crippen LogP contribution in [0.3, 0.4) is 0 Å². The highest BCUT2D eigenvalue weighted by atomic mass is 32.2. The van der Waals surface area contributed by atoms with Gasteiger partial charge < -0.3 is 10.4 Å². The molecule has 5 heteroatoms. The van der Waals surface area contributed by atoms with Gasteiger partial charge in [-0.05, 0) is 87.5 Å². The van der Waals surface area contributed by atoms with Crippen LogP contribution in [0.5, 0.6) is 0 Å². The second-order valence-corrected chi connectivity index (χ2v) is 13.7. The van der Waals surface area contributed by atoms with E-state index in [1.54, 1.807) is 0 Å². The largest absolute Gasteiger partial charge is 0.480 e. The van der Waals surface area contributed by atoms with E-state index in [1.165, 1.54) is 28.5 Å². The van der Waals surface area contributed by atoms with Gasteiger partial charge in [0.2, 0.25) is 0 Å². The van der Waals surface area contributed by atoms with Crippen molar-refractivity contribution < 1.29 is 14.7 Å². The molecule has 0 bridgehead atoms. The number of thioether (sulfide) groups is 1. The van der Waals surface area contributed by atoms with E-state index in [-0.39, 0.29) is 16.7 Å². The predicted molar refractivity (Wildman–Crippen MR) is 165 cm³/mol. The molecule has 0 radical (unpaired) electrons. The Hall–Kier alpha value is -2.27. The van der Waals surface area contributed by atoms with Crippen molar-refractivity contribution in [1.82, 2.24) is 5.32 Å². The molecule has 38 heavy (non-hydrogen) atoms. The molecule has 1 amide bonds. The summed E-state index contributed by atoms with van der Waals surface area (Å²) in [4.78, 5) is 25.0. The average Bonchev–Trinajstić information content (AvgIpc) is 2.79. The molecule has 0 aliphatic carbocycles. The lowest BCUT2D eigenvalue weighted by Gasteiger charge is -2.26. The van der Waals surface area contributed by atoms with Crippen LogP contribution < -0.4 is 5.32 Å². The van der Waals surface area contributed by atoms with Gasteiger partial charge in [0.1, 0.15) is 6.04 Å². The first-order chi connectivity index (χ1) is 17.5. The normalized spacial score (nSPS) is 13.7. The fourth-order valence-electron chi connectivity index (χ4n) is 3.77. The first kappa shape index (κ1) is 33.8. The molecule has 0 saturated heterocycles. The Labute approximate surface area is 236 Å². The van der Waals surface area contributed by atoms with Crippen LogP contribution in [0, 0.1) is 0 Å². The Morgan fingerprint density at radius 3 is 1.82 bits per heavy atom. The van der Waals surface area contributed by atoms with Gasteiger partial charge in [-0.1, -0.05) is 82.6 Å². The lowest BCUT2D eigenvalue weighted by atomic mass is 9.79. The van der Waals surface area contributed by atoms with Gasteiger partial charge in [0.05, 0.1) is 0 Å². The summed E-state index contributed by atoms with van der Waals surface area (Å²) >= 11 is 1.53. The molecule has 0 heterocycles. The summed E-state index contributed by atoms with van der Waals surface area (Å²) < 4.78 is 0. The molecule has 0 spiro atoms. The molecule has 0 saturated carbocycles. The molecule has 2 N–H and O–H groups in total. The maximum atomic E-state index is 13.1. The summed E-state index contributed by atoms with van der Waals surface area (Å²) in [6.45, 7) is 21.3. The summed E-state index contributed by atoms with van der Waals surface area (Å²) in [6, 6.07) is 4.99. The van der Waals surface area contributed by atoms with Crippen molar-refractivity contribution in [3.05, 3.63) is 69.8 Å². The van der Waals surface area contributed by atoms with E-state index in [2.05, 4.69) is 98.8 Å². The van der Waals surface area contributed by atoms with E-state index >= 15 is 0 Å². The van der Waals surface area contributed by atoms with Crippen LogP contribution in [0.2, 0.25) is 0 Å². The SMILES string of the molecule is CC(C)=CCC/C(C)=C/CC/C(C)=C/CSC[C@H](NC(=O)c1cc(C(C)(C)C)cc(C(C)(C)C)c1)C(=O)O. The van der Waals surface area contributed by atoms with Crippen LogP contribution in [-0.4, -0.2) is 34.5 Å². The Kier molecular flexibility index (Phi) is 13.6. The Bertz CT molecular complexity index is 999. The van der Waals surface area contributed by atoms with Crippen molar-refractivity contribution in [2.75, 3.05) is 11.5 Å². The molecule has 1 aromatic rings. The first-order valence-corrected chi connectivity index (χ1v) is 14.9. The number of carboxylic acids is 1. The van der Waals surface area contributed by atoms with Gasteiger partial charge in [0.15, 0.2) is 0 Å². The van der Waals surface area contributed by atoms with Crippen LogP contribution in [-0.2, 0) is 15.6 Å². The number of rotatable bonds is 13. The van der Waals surface area contributed by atoms with Gasteiger partial charge in [0, 0.05) is 17.1 Å². The smallest absolute Gasteiger partial charge is 0.327 e. The molecule has 1 rings (SSSR count). The number of amides is 1. The lowest BCUT2D eigenvalue weighted by molar-refractivity contribution is -0.138. The maximum Gasteiger partial charge on any atom is 0.327 e. The molecule has 4 nitrogen and oxygen atoms in total. The molecule has 0 aliphatic heterocycles. The van der Waals surface area contributed by atoms with Crippen LogP contribution in [0.25, 0.3) is 0 Å². The highest BCUT2D eigenvalue weighted by molar-refractivity contribution is 7.99. The number of carbonyl (C=O) groups is 2. The second-order valence-electron chi connectivity index (χ2n) is 12.7. The van der Waals surface area contributed by atoms with E-state index in [4.69, 9.17) is 0 Å². The van der Waals surface area contributed by atoms with Crippen LogP contribution >= 0.6 is 11.8 Å². The zero-order valence-electron chi connectivity index (χ0n) is 25.5. The quantitative estimate of drug-likeness (QED) is 0.194. The molecule has 0 unspecified atom stereocenters. The average molecular weight is 542 g/mol. The molecule has 0 aliphatic rings. The minimum atomic E-state index is -1.01. The number of benzene rings is 1. The Balaban J connectivity index is 2.72. The van der Waals surface area contributed by atoms with E-state index in [1.807, 2.05) is 12.1 Å². The molecule has 1 atom stereocenters. The summed E-state index contributed by atoms with van der Waals surface area (Å²) in [6.07, 6.45) is 11.0. The van der Waals surface area contributed by atoms with Crippen molar-refractivity contribution in [3.63, 3.8) is 0 Å². The van der Waals surface area contributed by atoms with Gasteiger partial charge in [-0.25, -0.2) is 4.79 Å². The highest BCUT2D eigenvalue weighted by Gasteiger charge is 2.25. The van der Waals surface area contributed by atoms with Crippen molar-refractivity contribution in [1.29, 1.82) is 0 Å². The van der Waals surface area contributed by atoms with Crippen molar-refractivity contribution in [3.8, 4) is 0 Å². The van der Waals surface area contributed by atoms with Crippen LogP contribution in [0.1, 0.15) is 116 Å². The lowest BCUT2D eigenvalue weighted by Crippen LogP contribution is -2.42. The minimum Gasteiger partial charge on any atom is -0.480 e. The van der Waals surface area contributed by atoms with Gasteiger partial charge in [-0.2, -0.15) is 11.8 Å². The van der Waals surface area contributed by atoms with Crippen molar-refractivity contribution >= 4 is 23.6 Å². The Morgan fingerprint density at radius 1 is 0.842 bits per heavy atom. The van der Waals surface area contributed by atoms with Gasteiger partial charge in [-0.15, -0.1) is 0 Å². The number of hydrogen-bond donors (Lipinski definition) is 2. The fraction of sp³-hybridized carbons (Fsp3) is 0.576. The molecule has 1 aromatic carbocycles. The summed E-state index contributed by atoms with van der Waals surface area (Å²) in [5, 5.41) is 12.5. The standard InChI is InChI=1S/C33H51NO3S/c1-23(2)13-11-14-24(3)15-12-16-25(4)17-18-38-22-29(31(36)37)34-30(35)26-19-27(32(5,6)7)21-28(20-26)33(8,9)10/h13,15,17,19-21,29H,11-12,14,16,18,22H2,1-10H3,(H,34,35)(H,36,37)/b24-15+,25-17+/t29-/m0/s1. The topological polar surface area (TPSA) is 66.4 Å². The van der Waals surface area contributed by atoms with E-state index in [0.29, 0.717) is 11.3 Å². The fourth-order valence-corrected chi connectivity index (χ4v) is 4.77. The maximum absolute atomic E-state index is 13.1. The molecular formula is C33H51NO3S.